The molecule has 2 N–H and O–H groups in total. The van der Waals surface area contributed by atoms with E-state index in [4.69, 9.17) is 11.6 Å². The lowest BCUT2D eigenvalue weighted by Gasteiger charge is -2.41. The lowest BCUT2D eigenvalue weighted by atomic mass is 9.98. The fourth-order valence-electron chi connectivity index (χ4n) is 5.66. The molecule has 1 aliphatic rings. The van der Waals surface area contributed by atoms with Crippen molar-refractivity contribution in [2.45, 2.75) is 37.4 Å². The van der Waals surface area contributed by atoms with Crippen LogP contribution >= 0.6 is 11.6 Å². The van der Waals surface area contributed by atoms with E-state index in [0.29, 0.717) is 31.0 Å². The molecule has 0 radical (unpaired) electrons. The average molecular weight is 587 g/mol. The number of carbonyl (C=O) groups excluding carboxylic acids is 2. The largest absolute Gasteiger partial charge is 0.343 e. The van der Waals surface area contributed by atoms with Gasteiger partial charge in [0.1, 0.15) is 6.04 Å². The Hall–Kier alpha value is -3.72. The minimum Gasteiger partial charge on any atom is -0.343 e. The van der Waals surface area contributed by atoms with Gasteiger partial charge in [0, 0.05) is 56.8 Å². The number of imidazole rings is 1. The van der Waals surface area contributed by atoms with Crippen molar-refractivity contribution in [2.24, 2.45) is 7.05 Å². The maximum Gasteiger partial charge on any atom is 0.245 e. The Balaban J connectivity index is 1.31. The number of aryl methyl sites for hydroxylation is 1. The minimum atomic E-state index is -0.706. The molecule has 3 aromatic carbocycles. The van der Waals surface area contributed by atoms with E-state index < -0.39 is 12.1 Å². The zero-order valence-corrected chi connectivity index (χ0v) is 25.2. The second-order valence-electron chi connectivity index (χ2n) is 11.3. The lowest BCUT2D eigenvalue weighted by molar-refractivity contribution is -0.139. The number of hydrogen-bond acceptors (Lipinski definition) is 5. The predicted molar refractivity (Wildman–Crippen MR) is 167 cm³/mol. The quantitative estimate of drug-likeness (QED) is 0.297. The van der Waals surface area contributed by atoms with Crippen LogP contribution in [0.25, 0.3) is 10.8 Å². The molecule has 2 amide bonds. The van der Waals surface area contributed by atoms with E-state index >= 15 is 0 Å². The molecular formula is C33H39ClN6O2. The van der Waals surface area contributed by atoms with Gasteiger partial charge < -0.3 is 20.1 Å². The molecule has 0 spiro atoms. The number of amides is 2. The average Bonchev–Trinajstić information content (AvgIpc) is 3.41. The van der Waals surface area contributed by atoms with Gasteiger partial charge in [0.05, 0.1) is 18.1 Å². The van der Waals surface area contributed by atoms with Crippen molar-refractivity contribution in [3.8, 4) is 0 Å². The van der Waals surface area contributed by atoms with E-state index in [1.165, 1.54) is 16.3 Å². The number of rotatable bonds is 10. The first-order valence-electron chi connectivity index (χ1n) is 14.4. The van der Waals surface area contributed by atoms with Gasteiger partial charge in [-0.2, -0.15) is 0 Å². The highest BCUT2D eigenvalue weighted by Crippen LogP contribution is 2.20. The van der Waals surface area contributed by atoms with Crippen molar-refractivity contribution < 1.29 is 9.59 Å². The molecule has 9 heteroatoms. The van der Waals surface area contributed by atoms with Gasteiger partial charge in [-0.3, -0.25) is 14.5 Å². The van der Waals surface area contributed by atoms with Gasteiger partial charge in [-0.25, -0.2) is 4.98 Å². The first-order chi connectivity index (χ1) is 20.3. The summed E-state index contributed by atoms with van der Waals surface area (Å²) >= 11 is 6.12. The van der Waals surface area contributed by atoms with Crippen LogP contribution < -0.4 is 10.6 Å². The second kappa shape index (κ2) is 13.5. The normalized spacial score (nSPS) is 17.2. The fraction of sp³-hybridized carbons (Fsp3) is 0.364. The lowest BCUT2D eigenvalue weighted by Crippen LogP contribution is -2.60. The molecule has 1 fully saturated rings. The van der Waals surface area contributed by atoms with Crippen LogP contribution in [0.15, 0.2) is 79.3 Å². The van der Waals surface area contributed by atoms with Crippen LogP contribution in [-0.2, 0) is 35.9 Å². The van der Waals surface area contributed by atoms with Gasteiger partial charge in [-0.05, 0) is 54.5 Å². The Labute approximate surface area is 252 Å². The summed E-state index contributed by atoms with van der Waals surface area (Å²) in [5, 5.41) is 9.25. The van der Waals surface area contributed by atoms with E-state index in [0.717, 1.165) is 24.2 Å². The van der Waals surface area contributed by atoms with Crippen LogP contribution in [0.2, 0.25) is 5.02 Å². The van der Waals surface area contributed by atoms with Crippen LogP contribution in [0.4, 0.5) is 0 Å². The third-order valence-corrected chi connectivity index (χ3v) is 8.43. The zero-order chi connectivity index (χ0) is 29.6. The van der Waals surface area contributed by atoms with Gasteiger partial charge >= 0.3 is 0 Å². The van der Waals surface area contributed by atoms with Crippen LogP contribution in [-0.4, -0.2) is 83.0 Å². The number of piperazine rings is 1. The van der Waals surface area contributed by atoms with E-state index in [1.807, 2.05) is 47.0 Å². The number of nitrogens with zero attached hydrogens (tertiary/aromatic N) is 4. The molecule has 0 unspecified atom stereocenters. The molecular weight excluding hydrogens is 548 g/mol. The SMILES string of the molecule is CN[C@@H](Cc1cn(C)cn1)C(=O)N[C@H](Cc1ccc(Cl)cc1)C(=O)N1CCN(C)[C@H](Cc2ccc3ccccc3c2)C1. The first-order valence-corrected chi connectivity index (χ1v) is 14.8. The van der Waals surface area contributed by atoms with Crippen molar-refractivity contribution in [3.63, 3.8) is 0 Å². The molecule has 4 aromatic rings. The number of benzene rings is 3. The van der Waals surface area contributed by atoms with Gasteiger partial charge in [0.2, 0.25) is 11.8 Å². The standard InChI is InChI=1S/C33H39ClN6O2/c1-35-30(19-28-20-38(2)22-36-28)32(41)37-31(18-23-9-12-27(34)13-10-23)33(42)40-15-14-39(3)29(21-40)17-24-8-11-25-6-4-5-7-26(25)16-24/h4-13,16,20,22,29-31,35H,14-15,17-19,21H2,1-3H3,(H,37,41)/t29-,30+,31-/m1/s1. The highest BCUT2D eigenvalue weighted by atomic mass is 35.5. The second-order valence-corrected chi connectivity index (χ2v) is 11.7. The Morgan fingerprint density at radius 2 is 1.69 bits per heavy atom. The number of nitrogens with one attached hydrogen (secondary N) is 2. The molecule has 0 saturated carbocycles. The Kier molecular flexibility index (Phi) is 9.57. The number of carbonyl (C=O) groups is 2. The third-order valence-electron chi connectivity index (χ3n) is 8.18. The van der Waals surface area contributed by atoms with E-state index in [1.54, 1.807) is 13.4 Å². The van der Waals surface area contributed by atoms with Crippen molar-refractivity contribution in [3.05, 3.63) is 101 Å². The molecule has 220 valence electrons. The summed E-state index contributed by atoms with van der Waals surface area (Å²) in [6.07, 6.45) is 5.25. The topological polar surface area (TPSA) is 82.5 Å². The van der Waals surface area contributed by atoms with Crippen molar-refractivity contribution in [1.29, 1.82) is 0 Å². The highest BCUT2D eigenvalue weighted by Gasteiger charge is 2.33. The summed E-state index contributed by atoms with van der Waals surface area (Å²) in [6.45, 7) is 1.98. The summed E-state index contributed by atoms with van der Waals surface area (Å²) < 4.78 is 1.86. The fourth-order valence-corrected chi connectivity index (χ4v) is 5.79. The summed E-state index contributed by atoms with van der Waals surface area (Å²) in [5.41, 5.74) is 2.99. The molecule has 1 saturated heterocycles. The van der Waals surface area contributed by atoms with Crippen LogP contribution in [0, 0.1) is 0 Å². The van der Waals surface area contributed by atoms with Gasteiger partial charge in [-0.15, -0.1) is 0 Å². The number of halogens is 1. The monoisotopic (exact) mass is 586 g/mol. The molecule has 8 nitrogen and oxygen atoms in total. The molecule has 2 heterocycles. The van der Waals surface area contributed by atoms with Gasteiger partial charge in [-0.1, -0.05) is 66.2 Å². The predicted octanol–water partition coefficient (Wildman–Crippen LogP) is 3.47. The first kappa shape index (κ1) is 29.8. The summed E-state index contributed by atoms with van der Waals surface area (Å²) in [6, 6.07) is 21.3. The molecule has 0 bridgehead atoms. The van der Waals surface area contributed by atoms with Crippen molar-refractivity contribution >= 4 is 34.2 Å². The summed E-state index contributed by atoms with van der Waals surface area (Å²) in [4.78, 5) is 36.2. The molecule has 1 aromatic heterocycles. The molecule has 5 rings (SSSR count). The molecule has 42 heavy (non-hydrogen) atoms. The van der Waals surface area contributed by atoms with Crippen LogP contribution in [0.1, 0.15) is 16.8 Å². The number of fused-ring (bicyclic) bond motifs is 1. The van der Waals surface area contributed by atoms with E-state index in [-0.39, 0.29) is 17.9 Å². The highest BCUT2D eigenvalue weighted by molar-refractivity contribution is 6.30. The maximum absolute atomic E-state index is 14.1. The Bertz CT molecular complexity index is 1520. The molecule has 3 atom stereocenters. The van der Waals surface area contributed by atoms with Gasteiger partial charge in [0.25, 0.3) is 0 Å². The van der Waals surface area contributed by atoms with Gasteiger partial charge in [0.15, 0.2) is 0 Å². The smallest absolute Gasteiger partial charge is 0.245 e. The van der Waals surface area contributed by atoms with E-state index in [9.17, 15) is 9.59 Å². The number of likely N-dealkylation sites (N-methyl/N-ethyl adjacent to an activating group) is 2. The van der Waals surface area contributed by atoms with Crippen LogP contribution in [0.5, 0.6) is 0 Å². The Morgan fingerprint density at radius 1 is 0.952 bits per heavy atom. The summed E-state index contributed by atoms with van der Waals surface area (Å²) in [7, 11) is 5.77. The zero-order valence-electron chi connectivity index (χ0n) is 24.5. The third kappa shape index (κ3) is 7.37. The number of hydrogen-bond donors (Lipinski definition) is 2. The molecule has 0 aliphatic carbocycles. The maximum atomic E-state index is 14.1. The van der Waals surface area contributed by atoms with E-state index in [2.05, 4.69) is 70.0 Å². The Morgan fingerprint density at radius 3 is 2.40 bits per heavy atom. The molecule has 1 aliphatic heterocycles. The number of aromatic nitrogens is 2. The minimum absolute atomic E-state index is 0.0670. The van der Waals surface area contributed by atoms with Crippen molar-refractivity contribution in [1.82, 2.24) is 30.0 Å². The van der Waals surface area contributed by atoms with Crippen molar-refractivity contribution in [2.75, 3.05) is 33.7 Å². The van der Waals surface area contributed by atoms with Crippen LogP contribution in [0.3, 0.4) is 0 Å². The summed E-state index contributed by atoms with van der Waals surface area (Å²) in [5.74, 6) is -0.292.